The van der Waals surface area contributed by atoms with Crippen LogP contribution in [0.5, 0.6) is 0 Å². The number of rotatable bonds is 2. The van der Waals surface area contributed by atoms with Crippen LogP contribution in [-0.2, 0) is 4.74 Å². The van der Waals surface area contributed by atoms with E-state index in [-0.39, 0.29) is 18.6 Å². The Hall–Kier alpha value is -0.760. The van der Waals surface area contributed by atoms with Crippen molar-refractivity contribution in [3.63, 3.8) is 0 Å². The molecule has 7 heteroatoms. The zero-order valence-corrected chi connectivity index (χ0v) is 10.3. The molecule has 2 amide bonds. The highest BCUT2D eigenvalue weighted by atomic mass is 32.1. The number of carbonyl (C=O) groups is 1. The Labute approximate surface area is 105 Å². The van der Waals surface area contributed by atoms with Crippen LogP contribution in [0, 0.1) is 5.92 Å². The first-order chi connectivity index (χ1) is 8.02. The third kappa shape index (κ3) is 2.42. The molecule has 0 saturated carbocycles. The van der Waals surface area contributed by atoms with Crippen LogP contribution in [0.4, 0.5) is 4.79 Å². The molecule has 2 rings (SSSR count). The molecule has 2 aliphatic rings. The molecule has 0 aliphatic carbocycles. The second-order valence-corrected chi connectivity index (χ2v) is 4.90. The normalized spacial score (nSPS) is 38.4. The van der Waals surface area contributed by atoms with Gasteiger partial charge in [0.15, 0.2) is 0 Å². The van der Waals surface area contributed by atoms with E-state index < -0.39 is 18.4 Å². The predicted molar refractivity (Wildman–Crippen MR) is 63.4 cm³/mol. The summed E-state index contributed by atoms with van der Waals surface area (Å²) in [7, 11) is 0. The highest BCUT2D eigenvalue weighted by Crippen LogP contribution is 2.25. The molecule has 2 heterocycles. The molecule has 0 spiro atoms. The number of urea groups is 1. The van der Waals surface area contributed by atoms with E-state index in [4.69, 9.17) is 22.1 Å². The average molecular weight is 260 g/mol. The number of nitrogens with zero attached hydrogens (tertiary/aromatic N) is 1. The lowest BCUT2D eigenvalue weighted by atomic mass is 10.1. The SMILES string of the molecule is CC1CN([C@H]2C[C@H](O)[C@@H](CO)O2)C(=O)NC1=S. The molecule has 6 nitrogen and oxygen atoms in total. The maximum atomic E-state index is 11.7. The summed E-state index contributed by atoms with van der Waals surface area (Å²) in [5, 5.41) is 21.2. The first-order valence-corrected chi connectivity index (χ1v) is 5.99. The predicted octanol–water partition coefficient (Wildman–Crippen LogP) is -0.557. The first kappa shape index (κ1) is 12.7. The van der Waals surface area contributed by atoms with E-state index in [1.54, 1.807) is 0 Å². The van der Waals surface area contributed by atoms with Crippen LogP contribution in [-0.4, -0.2) is 57.7 Å². The molecule has 96 valence electrons. The van der Waals surface area contributed by atoms with E-state index in [0.29, 0.717) is 18.0 Å². The number of aliphatic hydroxyl groups excluding tert-OH is 2. The number of thiocarbonyl (C=S) groups is 1. The Kier molecular flexibility index (Phi) is 3.62. The number of ether oxygens (including phenoxy) is 1. The lowest BCUT2D eigenvalue weighted by molar-refractivity contribution is -0.0661. The smallest absolute Gasteiger partial charge is 0.324 e. The highest BCUT2D eigenvalue weighted by molar-refractivity contribution is 7.80. The van der Waals surface area contributed by atoms with Crippen molar-refractivity contribution < 1.29 is 19.7 Å². The van der Waals surface area contributed by atoms with Gasteiger partial charge < -0.3 is 20.3 Å². The summed E-state index contributed by atoms with van der Waals surface area (Å²) in [6, 6.07) is -0.302. The molecule has 0 aromatic rings. The number of nitrogens with one attached hydrogen (secondary N) is 1. The van der Waals surface area contributed by atoms with Crippen molar-refractivity contribution in [3.05, 3.63) is 0 Å². The Morgan fingerprint density at radius 2 is 2.35 bits per heavy atom. The zero-order valence-electron chi connectivity index (χ0n) is 9.50. The Morgan fingerprint density at radius 1 is 1.65 bits per heavy atom. The fourth-order valence-corrected chi connectivity index (χ4v) is 2.24. The molecular formula is C10H16N2O4S. The molecular weight excluding hydrogens is 244 g/mol. The number of amides is 2. The monoisotopic (exact) mass is 260 g/mol. The molecule has 0 aromatic heterocycles. The van der Waals surface area contributed by atoms with Gasteiger partial charge in [-0.15, -0.1) is 0 Å². The van der Waals surface area contributed by atoms with Crippen LogP contribution in [0.25, 0.3) is 0 Å². The van der Waals surface area contributed by atoms with Crippen molar-refractivity contribution >= 4 is 23.2 Å². The summed E-state index contributed by atoms with van der Waals surface area (Å²) >= 11 is 5.01. The molecule has 3 N–H and O–H groups in total. The minimum Gasteiger partial charge on any atom is -0.394 e. The maximum Gasteiger partial charge on any atom is 0.324 e. The van der Waals surface area contributed by atoms with Crippen LogP contribution in [0.2, 0.25) is 0 Å². The van der Waals surface area contributed by atoms with Gasteiger partial charge in [0.1, 0.15) is 12.3 Å². The van der Waals surface area contributed by atoms with E-state index in [1.807, 2.05) is 6.92 Å². The van der Waals surface area contributed by atoms with E-state index in [9.17, 15) is 9.90 Å². The van der Waals surface area contributed by atoms with Crippen molar-refractivity contribution in [2.24, 2.45) is 5.92 Å². The first-order valence-electron chi connectivity index (χ1n) is 5.58. The Morgan fingerprint density at radius 3 is 2.94 bits per heavy atom. The quantitative estimate of drug-likeness (QED) is 0.580. The molecule has 4 atom stereocenters. The van der Waals surface area contributed by atoms with Gasteiger partial charge >= 0.3 is 6.03 Å². The number of hydrogen-bond acceptors (Lipinski definition) is 5. The molecule has 0 radical (unpaired) electrons. The van der Waals surface area contributed by atoms with Gasteiger partial charge in [0.2, 0.25) is 0 Å². The topological polar surface area (TPSA) is 82.0 Å². The van der Waals surface area contributed by atoms with Crippen LogP contribution in [0.3, 0.4) is 0 Å². The van der Waals surface area contributed by atoms with Crippen molar-refractivity contribution in [3.8, 4) is 0 Å². The average Bonchev–Trinajstić information content (AvgIpc) is 2.65. The minimum absolute atomic E-state index is 0.0663. The van der Waals surface area contributed by atoms with Gasteiger partial charge in [-0.25, -0.2) is 4.79 Å². The van der Waals surface area contributed by atoms with Crippen molar-refractivity contribution in [1.29, 1.82) is 0 Å². The molecule has 0 bridgehead atoms. The van der Waals surface area contributed by atoms with Crippen molar-refractivity contribution in [2.75, 3.05) is 13.2 Å². The Bertz CT molecular complexity index is 338. The van der Waals surface area contributed by atoms with E-state index >= 15 is 0 Å². The number of aliphatic hydroxyl groups is 2. The van der Waals surface area contributed by atoms with Crippen LogP contribution < -0.4 is 5.32 Å². The summed E-state index contributed by atoms with van der Waals surface area (Å²) < 4.78 is 5.44. The summed E-state index contributed by atoms with van der Waals surface area (Å²) in [5.74, 6) is 0.0663. The number of hydrogen-bond donors (Lipinski definition) is 3. The second-order valence-electron chi connectivity index (χ2n) is 4.46. The summed E-state index contributed by atoms with van der Waals surface area (Å²) in [5.41, 5.74) is 0. The highest BCUT2D eigenvalue weighted by Gasteiger charge is 2.41. The lowest BCUT2D eigenvalue weighted by Gasteiger charge is -2.35. The molecule has 1 unspecified atom stereocenters. The van der Waals surface area contributed by atoms with Crippen LogP contribution in [0.1, 0.15) is 13.3 Å². The fourth-order valence-electron chi connectivity index (χ4n) is 2.08. The van der Waals surface area contributed by atoms with Crippen molar-refractivity contribution in [2.45, 2.75) is 31.8 Å². The molecule has 2 saturated heterocycles. The van der Waals surface area contributed by atoms with Gasteiger partial charge in [0, 0.05) is 18.9 Å². The Balaban J connectivity index is 2.03. The standard InChI is InChI=1S/C10H16N2O4S/c1-5-3-12(10(15)11-9(5)17)8-2-6(14)7(4-13)16-8/h5-8,13-14H,2-4H2,1H3,(H,11,15,17)/t5?,6-,7+,8+/m0/s1. The molecule has 2 aliphatic heterocycles. The van der Waals surface area contributed by atoms with E-state index in [0.717, 1.165) is 0 Å². The maximum absolute atomic E-state index is 11.7. The van der Waals surface area contributed by atoms with Crippen molar-refractivity contribution in [1.82, 2.24) is 10.2 Å². The van der Waals surface area contributed by atoms with Crippen LogP contribution >= 0.6 is 12.2 Å². The van der Waals surface area contributed by atoms with Gasteiger partial charge in [0.25, 0.3) is 0 Å². The molecule has 2 fully saturated rings. The van der Waals surface area contributed by atoms with E-state index in [1.165, 1.54) is 4.90 Å². The van der Waals surface area contributed by atoms with Gasteiger partial charge in [-0.05, 0) is 0 Å². The van der Waals surface area contributed by atoms with Crippen LogP contribution in [0.15, 0.2) is 0 Å². The van der Waals surface area contributed by atoms with Gasteiger partial charge in [0.05, 0.1) is 17.7 Å². The third-order valence-corrected chi connectivity index (χ3v) is 3.65. The summed E-state index contributed by atoms with van der Waals surface area (Å²) in [6.45, 7) is 2.14. The van der Waals surface area contributed by atoms with Gasteiger partial charge in [-0.1, -0.05) is 19.1 Å². The second kappa shape index (κ2) is 4.85. The third-order valence-electron chi connectivity index (χ3n) is 3.14. The van der Waals surface area contributed by atoms with E-state index in [2.05, 4.69) is 5.32 Å². The summed E-state index contributed by atoms with van der Waals surface area (Å²) in [6.07, 6.45) is -1.52. The number of carbonyl (C=O) groups excluding carboxylic acids is 1. The minimum atomic E-state index is -0.734. The summed E-state index contributed by atoms with van der Waals surface area (Å²) in [4.78, 5) is 13.8. The van der Waals surface area contributed by atoms with Gasteiger partial charge in [-0.2, -0.15) is 0 Å². The molecule has 0 aromatic carbocycles. The lowest BCUT2D eigenvalue weighted by Crippen LogP contribution is -2.56. The fraction of sp³-hybridized carbons (Fsp3) is 0.800. The zero-order chi connectivity index (χ0) is 12.6. The molecule has 17 heavy (non-hydrogen) atoms. The van der Waals surface area contributed by atoms with Gasteiger partial charge in [-0.3, -0.25) is 4.90 Å². The largest absolute Gasteiger partial charge is 0.394 e.